The highest BCUT2D eigenvalue weighted by molar-refractivity contribution is 5.35. The SMILES string of the molecule is CC1CCC[C@@H]2CN(c3ncc4c(n3)CCN(C3CCC3)CC4)CCN12. The second kappa shape index (κ2) is 7.08. The van der Waals surface area contributed by atoms with E-state index in [0.29, 0.717) is 6.04 Å². The van der Waals surface area contributed by atoms with Gasteiger partial charge in [0.15, 0.2) is 0 Å². The van der Waals surface area contributed by atoms with E-state index in [1.165, 1.54) is 69.4 Å². The third-order valence-electron chi connectivity index (χ3n) is 7.37. The second-order valence-corrected chi connectivity index (χ2v) is 8.88. The lowest BCUT2D eigenvalue weighted by Crippen LogP contribution is -2.58. The standard InChI is InChI=1S/C21H33N5/c1-16-4-2-7-19-15-25(12-13-26(16)19)21-22-14-17-8-10-24(18-5-3-6-18)11-9-20(17)23-21/h14,16,18-19H,2-13,15H2,1H3/t16?,19-/m1/s1. The minimum atomic E-state index is 0.698. The van der Waals surface area contributed by atoms with Crippen LogP contribution in [0.1, 0.15) is 56.7 Å². The summed E-state index contributed by atoms with van der Waals surface area (Å²) in [5, 5.41) is 0. The van der Waals surface area contributed by atoms with Crippen molar-refractivity contribution in [2.24, 2.45) is 0 Å². The fraction of sp³-hybridized carbons (Fsp3) is 0.810. The molecule has 2 atom stereocenters. The molecule has 5 nitrogen and oxygen atoms in total. The number of piperazine rings is 1. The van der Waals surface area contributed by atoms with E-state index >= 15 is 0 Å². The topological polar surface area (TPSA) is 35.5 Å². The van der Waals surface area contributed by atoms with E-state index < -0.39 is 0 Å². The van der Waals surface area contributed by atoms with Crippen LogP contribution < -0.4 is 4.90 Å². The van der Waals surface area contributed by atoms with Crippen molar-refractivity contribution in [1.82, 2.24) is 19.8 Å². The summed E-state index contributed by atoms with van der Waals surface area (Å²) in [6.07, 6.45) is 12.7. The Morgan fingerprint density at radius 2 is 1.73 bits per heavy atom. The molecule has 0 N–H and O–H groups in total. The Bertz CT molecular complexity index is 643. The summed E-state index contributed by atoms with van der Waals surface area (Å²) in [4.78, 5) is 17.7. The molecule has 0 aromatic carbocycles. The number of nitrogens with zero attached hydrogens (tertiary/aromatic N) is 5. The maximum Gasteiger partial charge on any atom is 0.225 e. The van der Waals surface area contributed by atoms with Crippen LogP contribution >= 0.6 is 0 Å². The molecule has 1 unspecified atom stereocenters. The summed E-state index contributed by atoms with van der Waals surface area (Å²) in [6.45, 7) is 8.13. The Kier molecular flexibility index (Phi) is 4.61. The quantitative estimate of drug-likeness (QED) is 0.814. The van der Waals surface area contributed by atoms with Gasteiger partial charge in [0.05, 0.1) is 5.69 Å². The van der Waals surface area contributed by atoms with Crippen molar-refractivity contribution in [2.75, 3.05) is 37.6 Å². The summed E-state index contributed by atoms with van der Waals surface area (Å²) in [7, 11) is 0. The predicted octanol–water partition coefficient (Wildman–Crippen LogP) is 2.49. The van der Waals surface area contributed by atoms with Crippen molar-refractivity contribution in [2.45, 2.75) is 76.4 Å². The average molecular weight is 356 g/mol. The van der Waals surface area contributed by atoms with Crippen LogP contribution in [0.3, 0.4) is 0 Å². The Morgan fingerprint density at radius 3 is 2.58 bits per heavy atom. The fourth-order valence-electron chi connectivity index (χ4n) is 5.45. The van der Waals surface area contributed by atoms with Gasteiger partial charge in [-0.05, 0) is 44.6 Å². The molecular weight excluding hydrogens is 322 g/mol. The molecule has 1 aromatic rings. The molecule has 5 heteroatoms. The van der Waals surface area contributed by atoms with E-state index in [1.807, 2.05) is 0 Å². The minimum absolute atomic E-state index is 0.698. The molecule has 1 saturated carbocycles. The Labute approximate surface area is 157 Å². The van der Waals surface area contributed by atoms with E-state index in [-0.39, 0.29) is 0 Å². The lowest BCUT2D eigenvalue weighted by molar-refractivity contribution is 0.0813. The van der Waals surface area contributed by atoms with E-state index in [0.717, 1.165) is 44.0 Å². The number of hydrogen-bond donors (Lipinski definition) is 0. The van der Waals surface area contributed by atoms with Gasteiger partial charge in [-0.1, -0.05) is 12.8 Å². The Balaban J connectivity index is 1.29. The summed E-state index contributed by atoms with van der Waals surface area (Å²) >= 11 is 0. The Morgan fingerprint density at radius 1 is 0.923 bits per heavy atom. The van der Waals surface area contributed by atoms with Crippen molar-refractivity contribution in [1.29, 1.82) is 0 Å². The fourth-order valence-corrected chi connectivity index (χ4v) is 5.45. The lowest BCUT2D eigenvalue weighted by atomic mass is 9.91. The molecule has 0 spiro atoms. The first-order valence-electron chi connectivity index (χ1n) is 10.9. The zero-order valence-corrected chi connectivity index (χ0v) is 16.2. The molecule has 1 aromatic heterocycles. The van der Waals surface area contributed by atoms with Crippen LogP contribution in [0.5, 0.6) is 0 Å². The molecule has 142 valence electrons. The molecule has 4 heterocycles. The minimum Gasteiger partial charge on any atom is -0.338 e. The summed E-state index contributed by atoms with van der Waals surface area (Å²) in [5.41, 5.74) is 2.71. The highest BCUT2D eigenvalue weighted by Gasteiger charge is 2.34. The molecule has 4 aliphatic rings. The monoisotopic (exact) mass is 355 g/mol. The van der Waals surface area contributed by atoms with Gasteiger partial charge in [-0.15, -0.1) is 0 Å². The third-order valence-corrected chi connectivity index (χ3v) is 7.37. The summed E-state index contributed by atoms with van der Waals surface area (Å²) < 4.78 is 0. The second-order valence-electron chi connectivity index (χ2n) is 8.88. The third kappa shape index (κ3) is 3.13. The van der Waals surface area contributed by atoms with Gasteiger partial charge in [0, 0.05) is 63.5 Å². The van der Waals surface area contributed by atoms with Crippen LogP contribution in [0, 0.1) is 0 Å². The summed E-state index contributed by atoms with van der Waals surface area (Å²) in [6, 6.07) is 2.29. The van der Waals surface area contributed by atoms with Crippen LogP contribution in [-0.4, -0.2) is 70.6 Å². The van der Waals surface area contributed by atoms with E-state index in [4.69, 9.17) is 9.97 Å². The van der Waals surface area contributed by atoms with Crippen LogP contribution in [0.15, 0.2) is 6.20 Å². The van der Waals surface area contributed by atoms with Gasteiger partial charge in [0.2, 0.25) is 5.95 Å². The van der Waals surface area contributed by atoms with Gasteiger partial charge in [0.25, 0.3) is 0 Å². The van der Waals surface area contributed by atoms with Crippen LogP contribution in [0.2, 0.25) is 0 Å². The number of fused-ring (bicyclic) bond motifs is 2. The zero-order valence-electron chi connectivity index (χ0n) is 16.2. The van der Waals surface area contributed by atoms with E-state index in [1.54, 1.807) is 0 Å². The molecule has 2 saturated heterocycles. The number of rotatable bonds is 2. The maximum atomic E-state index is 5.06. The smallest absolute Gasteiger partial charge is 0.225 e. The normalized spacial score (nSPS) is 31.0. The van der Waals surface area contributed by atoms with Gasteiger partial charge < -0.3 is 4.90 Å². The van der Waals surface area contributed by atoms with Crippen molar-refractivity contribution < 1.29 is 0 Å². The van der Waals surface area contributed by atoms with Gasteiger partial charge in [-0.25, -0.2) is 9.97 Å². The molecule has 0 radical (unpaired) electrons. The largest absolute Gasteiger partial charge is 0.338 e. The first kappa shape index (κ1) is 16.9. The zero-order chi connectivity index (χ0) is 17.5. The number of anilines is 1. The molecule has 0 amide bonds. The molecule has 1 aliphatic carbocycles. The van der Waals surface area contributed by atoms with Crippen molar-refractivity contribution in [3.05, 3.63) is 17.5 Å². The molecule has 0 bridgehead atoms. The lowest BCUT2D eigenvalue weighted by Gasteiger charge is -2.47. The molecular formula is C21H33N5. The van der Waals surface area contributed by atoms with Crippen molar-refractivity contribution >= 4 is 5.95 Å². The number of hydrogen-bond acceptors (Lipinski definition) is 5. The molecule has 3 fully saturated rings. The number of piperidine rings is 1. The predicted molar refractivity (Wildman–Crippen MR) is 105 cm³/mol. The molecule has 5 rings (SSSR count). The van der Waals surface area contributed by atoms with Gasteiger partial charge in [0.1, 0.15) is 0 Å². The highest BCUT2D eigenvalue weighted by Crippen LogP contribution is 2.29. The van der Waals surface area contributed by atoms with Crippen LogP contribution in [0.25, 0.3) is 0 Å². The van der Waals surface area contributed by atoms with E-state index in [9.17, 15) is 0 Å². The van der Waals surface area contributed by atoms with Gasteiger partial charge in [-0.2, -0.15) is 0 Å². The Hall–Kier alpha value is -1.20. The van der Waals surface area contributed by atoms with Crippen molar-refractivity contribution in [3.63, 3.8) is 0 Å². The molecule has 3 aliphatic heterocycles. The highest BCUT2D eigenvalue weighted by atomic mass is 15.3. The van der Waals surface area contributed by atoms with Gasteiger partial charge in [-0.3, -0.25) is 9.80 Å². The molecule has 26 heavy (non-hydrogen) atoms. The average Bonchev–Trinajstić information content (AvgIpc) is 2.83. The van der Waals surface area contributed by atoms with Crippen LogP contribution in [0.4, 0.5) is 5.95 Å². The first-order valence-corrected chi connectivity index (χ1v) is 10.9. The van der Waals surface area contributed by atoms with Crippen molar-refractivity contribution in [3.8, 4) is 0 Å². The summed E-state index contributed by atoms with van der Waals surface area (Å²) in [5.74, 6) is 0.985. The number of aromatic nitrogens is 2. The van der Waals surface area contributed by atoms with E-state index in [2.05, 4.69) is 27.8 Å². The van der Waals surface area contributed by atoms with Gasteiger partial charge >= 0.3 is 0 Å². The maximum absolute atomic E-state index is 5.06. The van der Waals surface area contributed by atoms with Crippen LogP contribution in [-0.2, 0) is 12.8 Å². The first-order chi connectivity index (χ1) is 12.8.